The second-order valence-electron chi connectivity index (χ2n) is 26.9. The fraction of sp³-hybridized carbons (Fsp3) is 0.493. The predicted molar refractivity (Wildman–Crippen MR) is 373 cm³/mol. The second-order valence-corrected chi connectivity index (χ2v) is 29.7. The molecule has 3 aliphatic heterocycles. The molecule has 1 aliphatic carbocycles. The van der Waals surface area contributed by atoms with Gasteiger partial charge in [0.1, 0.15) is 29.7 Å². The number of ketones is 4. The standard InChI is InChI=1S/C71H89N13O12S2/c1-40(2)23-45(66(92)79-55(13-7-21-75-71(72)73)69(95)84-22-8-14-59(84)70(96)83-35-63-64(36-83)98-39-97-63)29-60(88)56(32-49-26-43-10-4-6-12-54(43)78-49)81-67(93)46(24-41-15-18-51(86)19-16-41)30-62(90)58(37-85)82-68(94)47(27-48-25-42-9-3-5-11-53(42)77-48)31-61(89)57(33-50-34-74-38-76-50)80-65(91)44-17-20-52(87)28-44/h3-6,9-12,15-16,18-19,25-26,34,38,40,44-47,55-59,63-64,77-78,85-86H,7-8,13-14,17,20-24,27-33,35-37,39H2,1-2H3,(H,74,76)(H,79,92)(H,80,91)(H,81,93)(H,82,94)(H4,72,73,75)/t44-,45-,46-,47-,55+,56-,57+,58+,59+,63-,64?/m1/s1. The maximum absolute atomic E-state index is 15.3. The molecular formula is C71H89N13O12S2. The van der Waals surface area contributed by atoms with Crippen molar-refractivity contribution in [3.63, 3.8) is 0 Å². The van der Waals surface area contributed by atoms with Crippen molar-refractivity contribution in [1.29, 1.82) is 0 Å². The van der Waals surface area contributed by atoms with E-state index in [4.69, 9.17) is 11.5 Å². The first-order valence-electron chi connectivity index (χ1n) is 33.8. The summed E-state index contributed by atoms with van der Waals surface area (Å²) in [7, 11) is 0. The van der Waals surface area contributed by atoms with Gasteiger partial charge in [-0.3, -0.25) is 52.9 Å². The van der Waals surface area contributed by atoms with Gasteiger partial charge in [-0.15, -0.1) is 23.5 Å². The minimum atomic E-state index is -1.61. The Bertz CT molecular complexity index is 3790. The molecule has 6 heterocycles. The minimum absolute atomic E-state index is 0.00851. The van der Waals surface area contributed by atoms with Crippen LogP contribution in [0.4, 0.5) is 0 Å². The molecule has 0 bridgehead atoms. The van der Waals surface area contributed by atoms with E-state index < -0.39 is 120 Å². The number of guanidine groups is 1. The minimum Gasteiger partial charge on any atom is -0.508 e. The summed E-state index contributed by atoms with van der Waals surface area (Å²) in [5, 5.41) is 36.1. The third kappa shape index (κ3) is 19.1. The molecule has 25 nitrogen and oxygen atoms in total. The molecule has 0 spiro atoms. The van der Waals surface area contributed by atoms with Crippen LogP contribution in [0.25, 0.3) is 21.8 Å². The number of aromatic hydroxyl groups is 1. The van der Waals surface area contributed by atoms with Gasteiger partial charge in [0.05, 0.1) is 30.9 Å². The van der Waals surface area contributed by atoms with E-state index in [1.165, 1.54) is 24.7 Å². The molecule has 11 atom stereocenters. The van der Waals surface area contributed by atoms with Crippen molar-refractivity contribution in [2.75, 3.05) is 37.9 Å². The Morgan fingerprint density at radius 2 is 1.27 bits per heavy atom. The third-order valence-corrected chi connectivity index (χ3v) is 22.1. The van der Waals surface area contributed by atoms with Crippen molar-refractivity contribution < 1.29 is 58.2 Å². The van der Waals surface area contributed by atoms with Crippen LogP contribution in [-0.4, -0.2) is 183 Å². The van der Waals surface area contributed by atoms with Gasteiger partial charge in [0.15, 0.2) is 23.3 Å². The molecule has 1 unspecified atom stereocenters. The Kier molecular flexibility index (Phi) is 24.7. The monoisotopic (exact) mass is 1380 g/mol. The number of aliphatic hydroxyl groups excluding tert-OH is 1. The van der Waals surface area contributed by atoms with E-state index in [0.717, 1.165) is 26.9 Å². The summed E-state index contributed by atoms with van der Waals surface area (Å²) in [6.07, 6.45) is 3.58. The molecule has 1 saturated carbocycles. The Morgan fingerprint density at radius 3 is 1.86 bits per heavy atom. The van der Waals surface area contributed by atoms with Crippen LogP contribution in [0.2, 0.25) is 0 Å². The molecule has 522 valence electrons. The highest BCUT2D eigenvalue weighted by Crippen LogP contribution is 2.42. The topological polar surface area (TPSA) is 390 Å². The molecule has 4 fully saturated rings. The van der Waals surface area contributed by atoms with E-state index in [-0.39, 0.29) is 93.6 Å². The Hall–Kier alpha value is -8.82. The number of aromatic nitrogens is 4. The van der Waals surface area contributed by atoms with Gasteiger partial charge in [-0.2, -0.15) is 0 Å². The summed E-state index contributed by atoms with van der Waals surface area (Å²) in [6.45, 7) is 4.59. The highest BCUT2D eigenvalue weighted by molar-refractivity contribution is 8.19. The lowest BCUT2D eigenvalue weighted by molar-refractivity contribution is -0.145. The van der Waals surface area contributed by atoms with Gasteiger partial charge in [0.25, 0.3) is 0 Å². The maximum atomic E-state index is 15.3. The van der Waals surface area contributed by atoms with Gasteiger partial charge in [-0.1, -0.05) is 62.4 Å². The molecule has 98 heavy (non-hydrogen) atoms. The van der Waals surface area contributed by atoms with Gasteiger partial charge < -0.3 is 67.7 Å². The Morgan fingerprint density at radius 1 is 0.694 bits per heavy atom. The molecule has 6 aromatic rings. The molecule has 3 aromatic heterocycles. The normalized spacial score (nSPS) is 19.7. The fourth-order valence-corrected chi connectivity index (χ4v) is 17.2. The number of Topliss-reactive ketones (excluding diaryl/α,β-unsaturated/α-hetero) is 4. The van der Waals surface area contributed by atoms with Crippen molar-refractivity contribution in [3.05, 3.63) is 120 Å². The number of rotatable bonds is 34. The lowest BCUT2D eigenvalue weighted by Gasteiger charge is -2.32. The van der Waals surface area contributed by atoms with Crippen molar-refractivity contribution in [1.82, 2.24) is 51.0 Å². The largest absolute Gasteiger partial charge is 0.508 e. The third-order valence-electron chi connectivity index (χ3n) is 19.1. The number of nitrogens with one attached hydrogen (secondary N) is 7. The first kappa shape index (κ1) is 71.9. The van der Waals surface area contributed by atoms with Gasteiger partial charge >= 0.3 is 0 Å². The number of phenolic OH excluding ortho intramolecular Hbond substituents is 1. The molecule has 27 heteroatoms. The quantitative estimate of drug-likeness (QED) is 0.0151. The summed E-state index contributed by atoms with van der Waals surface area (Å²) in [5.41, 5.74) is 15.0. The number of aliphatic imine (C=N–C) groups is 1. The van der Waals surface area contributed by atoms with Crippen LogP contribution in [0.5, 0.6) is 5.75 Å². The van der Waals surface area contributed by atoms with Crippen LogP contribution in [0.15, 0.2) is 102 Å². The zero-order chi connectivity index (χ0) is 69.6. The number of nitrogens with two attached hydrogens (primary N) is 2. The van der Waals surface area contributed by atoms with E-state index in [1.54, 1.807) is 17.0 Å². The first-order valence-corrected chi connectivity index (χ1v) is 35.9. The number of hydrogen-bond acceptors (Lipinski definition) is 16. The number of aromatic amines is 3. The molecule has 0 radical (unpaired) electrons. The number of fused-ring (bicyclic) bond motifs is 3. The lowest BCUT2D eigenvalue weighted by Crippen LogP contribution is -2.55. The smallest absolute Gasteiger partial charge is 0.245 e. The molecule has 4 aliphatic rings. The van der Waals surface area contributed by atoms with Crippen molar-refractivity contribution >= 4 is 110 Å². The number of H-pyrrole nitrogens is 3. The summed E-state index contributed by atoms with van der Waals surface area (Å²) in [5.74, 6) is -9.42. The fourth-order valence-electron chi connectivity index (χ4n) is 13.9. The van der Waals surface area contributed by atoms with Crippen LogP contribution in [0.1, 0.15) is 107 Å². The lowest BCUT2D eigenvalue weighted by atomic mass is 9.87. The number of imidazole rings is 1. The predicted octanol–water partition coefficient (Wildman–Crippen LogP) is 4.48. The number of thioether (sulfide) groups is 2. The zero-order valence-electron chi connectivity index (χ0n) is 55.3. The summed E-state index contributed by atoms with van der Waals surface area (Å²) in [6, 6.07) is 18.7. The molecule has 13 N–H and O–H groups in total. The molecule has 6 amide bonds. The number of carbonyl (C=O) groups excluding carboxylic acids is 10. The van der Waals surface area contributed by atoms with Gasteiger partial charge in [0, 0.05) is 139 Å². The number of aliphatic hydroxyl groups is 1. The summed E-state index contributed by atoms with van der Waals surface area (Å²) in [4.78, 5) is 166. The molecule has 10 rings (SSSR count). The highest BCUT2D eigenvalue weighted by atomic mass is 32.2. The summed E-state index contributed by atoms with van der Waals surface area (Å²) >= 11 is 3.69. The van der Waals surface area contributed by atoms with E-state index >= 15 is 9.59 Å². The maximum Gasteiger partial charge on any atom is 0.245 e. The molecule has 3 saturated heterocycles. The average molecular weight is 1380 g/mol. The highest BCUT2D eigenvalue weighted by Gasteiger charge is 2.46. The number of para-hydroxylation sites is 2. The van der Waals surface area contributed by atoms with Gasteiger partial charge in [-0.05, 0) is 110 Å². The van der Waals surface area contributed by atoms with Crippen LogP contribution in [0, 0.1) is 29.6 Å². The second kappa shape index (κ2) is 33.6. The van der Waals surface area contributed by atoms with Crippen LogP contribution >= 0.6 is 23.5 Å². The number of hydrogen-bond donors (Lipinski definition) is 11. The van der Waals surface area contributed by atoms with Crippen LogP contribution in [-0.2, 0) is 73.6 Å². The van der Waals surface area contributed by atoms with Gasteiger partial charge in [0.2, 0.25) is 35.4 Å². The number of benzene rings is 3. The number of amides is 6. The number of nitrogens with zero attached hydrogens (tertiary/aromatic N) is 4. The van der Waals surface area contributed by atoms with Crippen molar-refractivity contribution in [3.8, 4) is 5.75 Å². The van der Waals surface area contributed by atoms with E-state index in [2.05, 4.69) is 46.2 Å². The van der Waals surface area contributed by atoms with Crippen molar-refractivity contribution in [2.45, 2.75) is 151 Å². The number of phenols is 1. The van der Waals surface area contributed by atoms with E-state index in [9.17, 15) is 48.6 Å². The zero-order valence-corrected chi connectivity index (χ0v) is 56.9. The van der Waals surface area contributed by atoms with Gasteiger partial charge in [-0.25, -0.2) is 4.98 Å². The molecule has 3 aromatic carbocycles. The Balaban J connectivity index is 0.886. The van der Waals surface area contributed by atoms with E-state index in [0.29, 0.717) is 78.5 Å². The SMILES string of the molecule is CC(C)C[C@H](CC(=O)[C@@H](Cc1cc2ccccc2[nH]1)NC(=O)[C@@H](CC(=O)[C@H](CO)NC(=O)[C@@H](CC(=O)[C@H](Cc1cnc[nH]1)NC(=O)[C@@H]1CCC(=O)C1)Cc1cc2ccccc2[nH]1)Cc1ccc(O)cc1)C(=O)N[C@@H](CCCN=C(N)N)C(=O)N1CCC[C@H]1C(=O)N1CC2SCS[C@@H]2C1. The van der Waals surface area contributed by atoms with Crippen LogP contribution < -0.4 is 32.7 Å². The average Bonchev–Trinajstić information content (AvgIpc) is 1.63. The number of likely N-dealkylation sites (tertiary alicyclic amines) is 2. The van der Waals surface area contributed by atoms with Crippen molar-refractivity contribution in [2.24, 2.45) is 46.0 Å². The summed E-state index contributed by atoms with van der Waals surface area (Å²) < 4.78 is 0. The van der Waals surface area contributed by atoms with E-state index in [1.807, 2.05) is 103 Å². The Labute approximate surface area is 576 Å². The number of carbonyl (C=O) groups is 10. The first-order chi connectivity index (χ1) is 47.1. The molecular weight excluding hydrogens is 1290 g/mol. The van der Waals surface area contributed by atoms with Crippen LogP contribution in [0.3, 0.4) is 0 Å².